The molecule has 8 heavy (non-hydrogen) atoms. The first-order chi connectivity index (χ1) is 3.55. The van der Waals surface area contributed by atoms with E-state index in [0.29, 0.717) is 0 Å². The molecule has 2 N–H and O–H groups in total. The second-order valence-corrected chi connectivity index (χ2v) is 1.48. The number of aliphatic carboxylic acids is 1. The molecule has 0 saturated carbocycles. The van der Waals surface area contributed by atoms with E-state index >= 15 is 0 Å². The molecule has 0 spiro atoms. The summed E-state index contributed by atoms with van der Waals surface area (Å²) < 4.78 is 11.8. The van der Waals surface area contributed by atoms with Crippen molar-refractivity contribution >= 4 is 5.97 Å². The van der Waals surface area contributed by atoms with Gasteiger partial charge in [-0.05, 0) is 6.92 Å². The van der Waals surface area contributed by atoms with Crippen LogP contribution in [0.15, 0.2) is 0 Å². The van der Waals surface area contributed by atoms with E-state index in [2.05, 4.69) is 0 Å². The van der Waals surface area contributed by atoms with Gasteiger partial charge in [0.15, 0.2) is 0 Å². The first-order valence-electron chi connectivity index (χ1n) is 2.10. The zero-order chi connectivity index (χ0) is 6.73. The Labute approximate surface area is 45.7 Å². The van der Waals surface area contributed by atoms with E-state index in [0.717, 1.165) is 6.92 Å². The number of halogens is 1. The van der Waals surface area contributed by atoms with Gasteiger partial charge in [-0.1, -0.05) is 0 Å². The SMILES string of the molecule is CC(O)C(F)C(=O)O. The van der Waals surface area contributed by atoms with Gasteiger partial charge in [0, 0.05) is 0 Å². The minimum atomic E-state index is -2.16. The number of aliphatic hydroxyl groups excluding tert-OH is 1. The fourth-order valence-electron chi connectivity index (χ4n) is 0.206. The number of aliphatic hydroxyl groups is 1. The Kier molecular flexibility index (Phi) is 2.41. The van der Waals surface area contributed by atoms with Crippen LogP contribution in [0.2, 0.25) is 0 Å². The van der Waals surface area contributed by atoms with E-state index in [4.69, 9.17) is 10.2 Å². The summed E-state index contributed by atoms with van der Waals surface area (Å²) in [7, 11) is 0. The fourth-order valence-corrected chi connectivity index (χ4v) is 0.206. The third kappa shape index (κ3) is 1.88. The Hall–Kier alpha value is -0.640. The standard InChI is InChI=1S/C4H7FO3/c1-2(6)3(5)4(7)8/h2-3,6H,1H3,(H,7,8). The molecule has 0 aromatic heterocycles. The number of hydrogen-bond acceptors (Lipinski definition) is 2. The molecule has 0 aliphatic heterocycles. The van der Waals surface area contributed by atoms with Gasteiger partial charge in [-0.3, -0.25) is 0 Å². The molecule has 0 bridgehead atoms. The van der Waals surface area contributed by atoms with Crippen LogP contribution in [0.1, 0.15) is 6.92 Å². The van der Waals surface area contributed by atoms with Crippen molar-refractivity contribution in [1.29, 1.82) is 0 Å². The van der Waals surface area contributed by atoms with Crippen LogP contribution in [0.3, 0.4) is 0 Å². The Morgan fingerprint density at radius 3 is 2.12 bits per heavy atom. The number of carboxylic acids is 1. The van der Waals surface area contributed by atoms with Crippen molar-refractivity contribution in [3.63, 3.8) is 0 Å². The van der Waals surface area contributed by atoms with Gasteiger partial charge in [0.05, 0.1) is 6.10 Å². The van der Waals surface area contributed by atoms with Crippen LogP contribution in [-0.2, 0) is 4.79 Å². The van der Waals surface area contributed by atoms with Crippen LogP contribution in [0, 0.1) is 0 Å². The molecule has 0 heterocycles. The lowest BCUT2D eigenvalue weighted by molar-refractivity contribution is -0.146. The van der Waals surface area contributed by atoms with Crippen molar-refractivity contribution in [3.8, 4) is 0 Å². The van der Waals surface area contributed by atoms with Crippen LogP contribution < -0.4 is 0 Å². The van der Waals surface area contributed by atoms with Crippen LogP contribution in [0.5, 0.6) is 0 Å². The van der Waals surface area contributed by atoms with E-state index in [9.17, 15) is 9.18 Å². The third-order valence-electron chi connectivity index (χ3n) is 0.659. The lowest BCUT2D eigenvalue weighted by atomic mass is 10.3. The zero-order valence-corrected chi connectivity index (χ0v) is 4.34. The van der Waals surface area contributed by atoms with Crippen LogP contribution >= 0.6 is 0 Å². The maximum absolute atomic E-state index is 11.8. The Bertz CT molecular complexity index is 91.3. The van der Waals surface area contributed by atoms with Crippen molar-refractivity contribution in [2.45, 2.75) is 19.2 Å². The molecular formula is C4H7FO3. The second-order valence-electron chi connectivity index (χ2n) is 1.48. The predicted molar refractivity (Wildman–Crippen MR) is 24.2 cm³/mol. The first kappa shape index (κ1) is 7.36. The highest BCUT2D eigenvalue weighted by Gasteiger charge is 2.20. The lowest BCUT2D eigenvalue weighted by Gasteiger charge is -2.02. The van der Waals surface area contributed by atoms with E-state index < -0.39 is 18.2 Å². The van der Waals surface area contributed by atoms with Gasteiger partial charge in [0.25, 0.3) is 0 Å². The molecular weight excluding hydrogens is 115 g/mol. The third-order valence-corrected chi connectivity index (χ3v) is 0.659. The molecule has 0 aromatic rings. The Balaban J connectivity index is 3.64. The van der Waals surface area contributed by atoms with Gasteiger partial charge < -0.3 is 10.2 Å². The van der Waals surface area contributed by atoms with Crippen molar-refractivity contribution in [2.24, 2.45) is 0 Å². The number of hydrogen-bond donors (Lipinski definition) is 2. The summed E-state index contributed by atoms with van der Waals surface area (Å²) >= 11 is 0. The molecule has 3 nitrogen and oxygen atoms in total. The topological polar surface area (TPSA) is 57.5 Å². The van der Waals surface area contributed by atoms with Crippen molar-refractivity contribution in [3.05, 3.63) is 0 Å². The Morgan fingerprint density at radius 2 is 2.12 bits per heavy atom. The minimum absolute atomic E-state index is 1.08. The van der Waals surface area contributed by atoms with Crippen LogP contribution in [-0.4, -0.2) is 28.5 Å². The summed E-state index contributed by atoms with van der Waals surface area (Å²) in [5, 5.41) is 16.1. The predicted octanol–water partition coefficient (Wildman–Crippen LogP) is -0.210. The van der Waals surface area contributed by atoms with E-state index in [-0.39, 0.29) is 0 Å². The van der Waals surface area contributed by atoms with Gasteiger partial charge >= 0.3 is 5.97 Å². The second kappa shape index (κ2) is 2.61. The average Bonchev–Trinajstić information content (AvgIpc) is 1.64. The molecule has 0 radical (unpaired) electrons. The first-order valence-corrected chi connectivity index (χ1v) is 2.10. The molecule has 0 rings (SSSR count). The molecule has 48 valence electrons. The normalized spacial score (nSPS) is 17.4. The number of carboxylic acid groups (broad SMARTS) is 1. The maximum atomic E-state index is 11.8. The van der Waals surface area contributed by atoms with Gasteiger partial charge in [0.2, 0.25) is 6.17 Å². The molecule has 4 heteroatoms. The molecule has 0 aromatic carbocycles. The molecule has 0 amide bonds. The highest BCUT2D eigenvalue weighted by Crippen LogP contribution is 1.96. The minimum Gasteiger partial charge on any atom is -0.479 e. The van der Waals surface area contributed by atoms with Crippen LogP contribution in [0.25, 0.3) is 0 Å². The summed E-state index contributed by atoms with van der Waals surface area (Å²) in [5.74, 6) is -1.62. The van der Waals surface area contributed by atoms with Gasteiger partial charge in [-0.15, -0.1) is 0 Å². The average molecular weight is 122 g/mol. The van der Waals surface area contributed by atoms with Crippen molar-refractivity contribution in [2.75, 3.05) is 0 Å². The number of carbonyl (C=O) groups is 1. The van der Waals surface area contributed by atoms with Crippen molar-refractivity contribution in [1.82, 2.24) is 0 Å². The highest BCUT2D eigenvalue weighted by atomic mass is 19.1. The quantitative estimate of drug-likeness (QED) is 0.532. The van der Waals surface area contributed by atoms with E-state index in [1.165, 1.54) is 0 Å². The molecule has 0 fully saturated rings. The monoisotopic (exact) mass is 122 g/mol. The Morgan fingerprint density at radius 1 is 1.75 bits per heavy atom. The summed E-state index contributed by atoms with van der Waals surface area (Å²) in [6.45, 7) is 1.08. The largest absolute Gasteiger partial charge is 0.479 e. The van der Waals surface area contributed by atoms with Crippen molar-refractivity contribution < 1.29 is 19.4 Å². The maximum Gasteiger partial charge on any atom is 0.341 e. The van der Waals surface area contributed by atoms with E-state index in [1.807, 2.05) is 0 Å². The number of rotatable bonds is 2. The fraction of sp³-hybridized carbons (Fsp3) is 0.750. The number of alkyl halides is 1. The molecule has 0 aliphatic carbocycles. The summed E-state index contributed by atoms with van der Waals surface area (Å²) in [6, 6.07) is 0. The van der Waals surface area contributed by atoms with Gasteiger partial charge in [-0.2, -0.15) is 0 Å². The molecule has 2 atom stereocenters. The summed E-state index contributed by atoms with van der Waals surface area (Å²) in [6.07, 6.45) is -3.58. The lowest BCUT2D eigenvalue weighted by Crippen LogP contribution is -2.26. The van der Waals surface area contributed by atoms with E-state index in [1.54, 1.807) is 0 Å². The molecule has 0 aliphatic rings. The smallest absolute Gasteiger partial charge is 0.341 e. The van der Waals surface area contributed by atoms with Gasteiger partial charge in [-0.25, -0.2) is 9.18 Å². The zero-order valence-electron chi connectivity index (χ0n) is 4.34. The summed E-state index contributed by atoms with van der Waals surface area (Å²) in [5.41, 5.74) is 0. The van der Waals surface area contributed by atoms with Gasteiger partial charge in [0.1, 0.15) is 0 Å². The molecule has 0 saturated heterocycles. The van der Waals surface area contributed by atoms with Crippen LogP contribution in [0.4, 0.5) is 4.39 Å². The highest BCUT2D eigenvalue weighted by molar-refractivity contribution is 5.72. The molecule has 2 unspecified atom stereocenters. The summed E-state index contributed by atoms with van der Waals surface area (Å²) in [4.78, 5) is 9.61.